The van der Waals surface area contributed by atoms with Gasteiger partial charge in [0, 0.05) is 36.4 Å². The highest BCUT2D eigenvalue weighted by Crippen LogP contribution is 2.33. The number of aromatic nitrogens is 1. The molecule has 0 radical (unpaired) electrons. The van der Waals surface area contributed by atoms with Crippen LogP contribution in [0.2, 0.25) is 0 Å². The zero-order chi connectivity index (χ0) is 17.9. The lowest BCUT2D eigenvalue weighted by Gasteiger charge is -2.26. The number of pyridine rings is 1. The fourth-order valence-electron chi connectivity index (χ4n) is 3.03. The molecule has 1 aliphatic rings. The molecule has 136 valence electrons. The maximum absolute atomic E-state index is 12.9. The van der Waals surface area contributed by atoms with E-state index >= 15 is 0 Å². The number of hydrogen-bond acceptors (Lipinski definition) is 4. The molecule has 0 amide bonds. The van der Waals surface area contributed by atoms with E-state index in [2.05, 4.69) is 15.2 Å². The first-order chi connectivity index (χ1) is 11.9. The molecule has 2 heterocycles. The topological polar surface area (TPSA) is 37.4 Å². The van der Waals surface area contributed by atoms with Gasteiger partial charge >= 0.3 is 6.18 Å². The van der Waals surface area contributed by atoms with Gasteiger partial charge in [-0.25, -0.2) is 0 Å². The summed E-state index contributed by atoms with van der Waals surface area (Å²) in [4.78, 5) is 6.61. The van der Waals surface area contributed by atoms with Crippen molar-refractivity contribution < 1.29 is 17.9 Å². The van der Waals surface area contributed by atoms with Crippen LogP contribution in [0.5, 0.6) is 0 Å². The smallest absolute Gasteiger partial charge is 0.384 e. The van der Waals surface area contributed by atoms with Gasteiger partial charge in [-0.3, -0.25) is 9.88 Å². The number of fused-ring (bicyclic) bond motifs is 1. The van der Waals surface area contributed by atoms with E-state index in [1.165, 1.54) is 6.07 Å². The number of rotatable bonds is 5. The Morgan fingerprint density at radius 1 is 1.20 bits per heavy atom. The number of benzene rings is 1. The van der Waals surface area contributed by atoms with E-state index in [1.807, 2.05) is 6.07 Å². The van der Waals surface area contributed by atoms with Crippen molar-refractivity contribution in [2.75, 3.05) is 44.7 Å². The molecular weight excluding hydrogens is 331 g/mol. The SMILES string of the molecule is Cc1cc(NCCCN2CCOCC2)c2ccc(C(F)(F)F)cc2n1. The van der Waals surface area contributed by atoms with E-state index in [1.54, 1.807) is 6.92 Å². The minimum Gasteiger partial charge on any atom is -0.384 e. The van der Waals surface area contributed by atoms with Gasteiger partial charge in [0.1, 0.15) is 0 Å². The van der Waals surface area contributed by atoms with E-state index in [9.17, 15) is 13.2 Å². The second-order valence-electron chi connectivity index (χ2n) is 6.28. The number of ether oxygens (including phenoxy) is 1. The van der Waals surface area contributed by atoms with Crippen molar-refractivity contribution in [3.8, 4) is 0 Å². The maximum Gasteiger partial charge on any atom is 0.416 e. The summed E-state index contributed by atoms with van der Waals surface area (Å²) >= 11 is 0. The third kappa shape index (κ3) is 4.61. The van der Waals surface area contributed by atoms with Crippen molar-refractivity contribution >= 4 is 16.6 Å². The Labute approximate surface area is 145 Å². The molecule has 4 nitrogen and oxygen atoms in total. The summed E-state index contributed by atoms with van der Waals surface area (Å²) in [5, 5.41) is 4.06. The lowest BCUT2D eigenvalue weighted by atomic mass is 10.1. The second-order valence-corrected chi connectivity index (χ2v) is 6.28. The molecule has 1 aliphatic heterocycles. The van der Waals surface area contributed by atoms with Gasteiger partial charge < -0.3 is 10.1 Å². The summed E-state index contributed by atoms with van der Waals surface area (Å²) in [7, 11) is 0. The van der Waals surface area contributed by atoms with Crippen molar-refractivity contribution in [2.24, 2.45) is 0 Å². The summed E-state index contributed by atoms with van der Waals surface area (Å²) in [6.07, 6.45) is -3.39. The van der Waals surface area contributed by atoms with Crippen molar-refractivity contribution in [3.05, 3.63) is 35.5 Å². The minimum atomic E-state index is -4.36. The van der Waals surface area contributed by atoms with Gasteiger partial charge in [0.05, 0.1) is 24.3 Å². The Balaban J connectivity index is 1.68. The molecular formula is C18H22F3N3O. The molecule has 1 saturated heterocycles. The number of morpholine rings is 1. The molecule has 25 heavy (non-hydrogen) atoms. The highest BCUT2D eigenvalue weighted by atomic mass is 19.4. The number of hydrogen-bond donors (Lipinski definition) is 1. The van der Waals surface area contributed by atoms with E-state index < -0.39 is 11.7 Å². The number of nitrogens with zero attached hydrogens (tertiary/aromatic N) is 2. The predicted octanol–water partition coefficient (Wildman–Crippen LogP) is 3.70. The van der Waals surface area contributed by atoms with Crippen molar-refractivity contribution in [2.45, 2.75) is 19.5 Å². The van der Waals surface area contributed by atoms with Crippen LogP contribution in [0.3, 0.4) is 0 Å². The van der Waals surface area contributed by atoms with Crippen LogP contribution >= 0.6 is 0 Å². The van der Waals surface area contributed by atoms with Gasteiger partial charge in [0.25, 0.3) is 0 Å². The number of nitrogens with one attached hydrogen (secondary N) is 1. The molecule has 0 atom stereocenters. The molecule has 0 unspecified atom stereocenters. The van der Waals surface area contributed by atoms with Crippen LogP contribution in [0.15, 0.2) is 24.3 Å². The van der Waals surface area contributed by atoms with Gasteiger partial charge in [0.2, 0.25) is 0 Å². The van der Waals surface area contributed by atoms with Crippen LogP contribution in [0.1, 0.15) is 17.7 Å². The average molecular weight is 353 g/mol. The zero-order valence-electron chi connectivity index (χ0n) is 14.2. The molecule has 0 spiro atoms. The Hall–Kier alpha value is -1.86. The zero-order valence-corrected chi connectivity index (χ0v) is 14.2. The monoisotopic (exact) mass is 353 g/mol. The number of anilines is 1. The fourth-order valence-corrected chi connectivity index (χ4v) is 3.03. The van der Waals surface area contributed by atoms with E-state index in [4.69, 9.17) is 4.74 Å². The largest absolute Gasteiger partial charge is 0.416 e. The van der Waals surface area contributed by atoms with Crippen LogP contribution in [0.4, 0.5) is 18.9 Å². The highest BCUT2D eigenvalue weighted by Gasteiger charge is 2.30. The number of aryl methyl sites for hydroxylation is 1. The summed E-state index contributed by atoms with van der Waals surface area (Å²) in [5.74, 6) is 0. The molecule has 2 aromatic rings. The van der Waals surface area contributed by atoms with Gasteiger partial charge in [-0.05, 0) is 38.1 Å². The first kappa shape index (κ1) is 17.9. The number of alkyl halides is 3. The Morgan fingerprint density at radius 2 is 1.96 bits per heavy atom. The molecule has 1 aromatic carbocycles. The second kappa shape index (κ2) is 7.58. The molecule has 7 heteroatoms. The molecule has 0 saturated carbocycles. The Kier molecular flexibility index (Phi) is 5.44. The van der Waals surface area contributed by atoms with Gasteiger partial charge in [-0.15, -0.1) is 0 Å². The van der Waals surface area contributed by atoms with Crippen LogP contribution in [-0.4, -0.2) is 49.3 Å². The van der Waals surface area contributed by atoms with Crippen molar-refractivity contribution in [1.29, 1.82) is 0 Å². The lowest BCUT2D eigenvalue weighted by molar-refractivity contribution is -0.137. The summed E-state index contributed by atoms with van der Waals surface area (Å²) in [6.45, 7) is 7.01. The van der Waals surface area contributed by atoms with E-state index in [0.29, 0.717) is 16.6 Å². The summed E-state index contributed by atoms with van der Waals surface area (Å²) < 4.78 is 44.0. The summed E-state index contributed by atoms with van der Waals surface area (Å²) in [6, 6.07) is 5.60. The van der Waals surface area contributed by atoms with Crippen molar-refractivity contribution in [3.63, 3.8) is 0 Å². The first-order valence-corrected chi connectivity index (χ1v) is 8.46. The molecule has 1 N–H and O–H groups in total. The Bertz CT molecular complexity index is 727. The molecule has 3 rings (SSSR count). The molecule has 1 fully saturated rings. The number of halogens is 3. The van der Waals surface area contributed by atoms with Crippen LogP contribution in [-0.2, 0) is 10.9 Å². The quantitative estimate of drug-likeness (QED) is 0.832. The van der Waals surface area contributed by atoms with Crippen LogP contribution < -0.4 is 5.32 Å². The van der Waals surface area contributed by atoms with Gasteiger partial charge in [0.15, 0.2) is 0 Å². The lowest BCUT2D eigenvalue weighted by Crippen LogP contribution is -2.37. The molecule has 0 bridgehead atoms. The standard InChI is InChI=1S/C18H22F3N3O/c1-13-11-16(22-5-2-6-24-7-9-25-10-8-24)15-4-3-14(18(19,20)21)12-17(15)23-13/h3-4,11-12H,2,5-10H2,1H3,(H,22,23). The molecule has 0 aliphatic carbocycles. The van der Waals surface area contributed by atoms with E-state index in [0.717, 1.165) is 63.6 Å². The molecule has 1 aromatic heterocycles. The highest BCUT2D eigenvalue weighted by molar-refractivity contribution is 5.92. The average Bonchev–Trinajstić information content (AvgIpc) is 2.58. The first-order valence-electron chi connectivity index (χ1n) is 8.46. The predicted molar refractivity (Wildman–Crippen MR) is 91.8 cm³/mol. The van der Waals surface area contributed by atoms with Gasteiger partial charge in [-0.1, -0.05) is 6.07 Å². The third-order valence-electron chi connectivity index (χ3n) is 4.34. The summed E-state index contributed by atoms with van der Waals surface area (Å²) in [5.41, 5.74) is 1.22. The van der Waals surface area contributed by atoms with Gasteiger partial charge in [-0.2, -0.15) is 13.2 Å². The third-order valence-corrected chi connectivity index (χ3v) is 4.34. The van der Waals surface area contributed by atoms with Crippen LogP contribution in [0, 0.1) is 6.92 Å². The normalized spacial score (nSPS) is 16.3. The Morgan fingerprint density at radius 3 is 2.68 bits per heavy atom. The van der Waals surface area contributed by atoms with Crippen molar-refractivity contribution in [1.82, 2.24) is 9.88 Å². The fraction of sp³-hybridized carbons (Fsp3) is 0.500. The maximum atomic E-state index is 12.9. The minimum absolute atomic E-state index is 0.366. The van der Waals surface area contributed by atoms with Crippen LogP contribution in [0.25, 0.3) is 10.9 Å². The van der Waals surface area contributed by atoms with E-state index in [-0.39, 0.29) is 0 Å².